The zero-order valence-electron chi connectivity index (χ0n) is 13.5. The molecule has 0 saturated carbocycles. The van der Waals surface area contributed by atoms with Crippen LogP contribution in [0.1, 0.15) is 27.9 Å². The fourth-order valence-corrected chi connectivity index (χ4v) is 2.83. The highest BCUT2D eigenvalue weighted by Gasteiger charge is 2.22. The number of hydrogen-bond donors (Lipinski definition) is 1. The van der Waals surface area contributed by atoms with Gasteiger partial charge in [-0.15, -0.1) is 0 Å². The second-order valence-electron chi connectivity index (χ2n) is 5.58. The van der Waals surface area contributed by atoms with Gasteiger partial charge in [-0.25, -0.2) is 0 Å². The number of carbonyl (C=O) groups is 2. The average molecular weight is 325 g/mol. The van der Waals surface area contributed by atoms with Crippen molar-refractivity contribution in [2.45, 2.75) is 19.4 Å². The number of para-hydroxylation sites is 1. The minimum Gasteiger partial charge on any atom is -0.496 e. The summed E-state index contributed by atoms with van der Waals surface area (Å²) < 4.78 is 10.9. The van der Waals surface area contributed by atoms with Crippen LogP contribution in [-0.2, 0) is 17.8 Å². The van der Waals surface area contributed by atoms with Crippen LogP contribution in [0.2, 0.25) is 0 Å². The summed E-state index contributed by atoms with van der Waals surface area (Å²) in [5.41, 5.74) is 2.52. The number of methoxy groups -OCH3 is 1. The zero-order chi connectivity index (χ0) is 16.9. The third-order valence-corrected chi connectivity index (χ3v) is 4.06. The molecule has 5 heteroatoms. The maximum atomic E-state index is 12.0. The van der Waals surface area contributed by atoms with Gasteiger partial charge in [0.2, 0.25) is 0 Å². The van der Waals surface area contributed by atoms with Crippen LogP contribution < -0.4 is 14.8 Å². The lowest BCUT2D eigenvalue weighted by molar-refractivity contribution is -0.123. The van der Waals surface area contributed by atoms with Crippen molar-refractivity contribution in [3.05, 3.63) is 59.2 Å². The summed E-state index contributed by atoms with van der Waals surface area (Å²) in [4.78, 5) is 23.7. The highest BCUT2D eigenvalue weighted by atomic mass is 16.5. The molecule has 0 radical (unpaired) electrons. The lowest BCUT2D eigenvalue weighted by Crippen LogP contribution is -2.28. The smallest absolute Gasteiger partial charge is 0.258 e. The molecular formula is C19H19NO4. The van der Waals surface area contributed by atoms with Gasteiger partial charge >= 0.3 is 0 Å². The van der Waals surface area contributed by atoms with E-state index in [1.165, 1.54) is 0 Å². The Kier molecular flexibility index (Phi) is 4.79. The molecule has 24 heavy (non-hydrogen) atoms. The van der Waals surface area contributed by atoms with Gasteiger partial charge in [-0.05, 0) is 18.6 Å². The molecule has 0 bridgehead atoms. The zero-order valence-corrected chi connectivity index (χ0v) is 13.5. The summed E-state index contributed by atoms with van der Waals surface area (Å²) in [5.74, 6) is 1.27. The predicted octanol–water partition coefficient (Wildman–Crippen LogP) is 2.52. The van der Waals surface area contributed by atoms with E-state index in [0.29, 0.717) is 30.7 Å². The van der Waals surface area contributed by atoms with Crippen LogP contribution in [0.4, 0.5) is 0 Å². The first-order chi connectivity index (χ1) is 11.7. The number of rotatable bonds is 6. The van der Waals surface area contributed by atoms with E-state index in [0.717, 1.165) is 16.9 Å². The number of benzene rings is 2. The van der Waals surface area contributed by atoms with Crippen molar-refractivity contribution in [3.8, 4) is 11.5 Å². The quantitative estimate of drug-likeness (QED) is 0.886. The number of carbonyl (C=O) groups excluding carboxylic acids is 2. The van der Waals surface area contributed by atoms with Crippen LogP contribution in [0.3, 0.4) is 0 Å². The molecule has 0 saturated heterocycles. The molecule has 0 spiro atoms. The summed E-state index contributed by atoms with van der Waals surface area (Å²) >= 11 is 0. The normalized spacial score (nSPS) is 12.6. The Hall–Kier alpha value is -2.82. The third kappa shape index (κ3) is 3.40. The fraction of sp³-hybridized carbons (Fsp3) is 0.263. The van der Waals surface area contributed by atoms with Crippen molar-refractivity contribution in [1.29, 1.82) is 0 Å². The lowest BCUT2D eigenvalue weighted by atomic mass is 10.1. The Morgan fingerprint density at radius 2 is 1.88 bits per heavy atom. The van der Waals surface area contributed by atoms with Crippen molar-refractivity contribution in [2.75, 3.05) is 13.7 Å². The minimum absolute atomic E-state index is 0.0835. The van der Waals surface area contributed by atoms with Crippen molar-refractivity contribution in [1.82, 2.24) is 5.32 Å². The molecule has 2 aromatic rings. The summed E-state index contributed by atoms with van der Waals surface area (Å²) in [6.07, 6.45) is 1.18. The van der Waals surface area contributed by atoms with Crippen LogP contribution in [0.25, 0.3) is 0 Å². The van der Waals surface area contributed by atoms with Gasteiger partial charge in [0.15, 0.2) is 12.4 Å². The highest BCUT2D eigenvalue weighted by Crippen LogP contribution is 2.30. The highest BCUT2D eigenvalue weighted by molar-refractivity contribution is 6.01. The largest absolute Gasteiger partial charge is 0.496 e. The Bertz CT molecular complexity index is 770. The van der Waals surface area contributed by atoms with Gasteiger partial charge in [-0.3, -0.25) is 9.59 Å². The van der Waals surface area contributed by atoms with Crippen LogP contribution >= 0.6 is 0 Å². The van der Waals surface area contributed by atoms with E-state index in [1.54, 1.807) is 25.3 Å². The first kappa shape index (κ1) is 16.1. The maximum absolute atomic E-state index is 12.0. The van der Waals surface area contributed by atoms with Crippen LogP contribution in [-0.4, -0.2) is 25.4 Å². The number of fused-ring (bicyclic) bond motifs is 1. The second-order valence-corrected chi connectivity index (χ2v) is 5.58. The van der Waals surface area contributed by atoms with Crippen molar-refractivity contribution in [3.63, 3.8) is 0 Å². The molecule has 1 amide bonds. The molecule has 0 aromatic heterocycles. The molecule has 0 fully saturated rings. The molecule has 124 valence electrons. The molecule has 0 atom stereocenters. The Morgan fingerprint density at radius 1 is 1.08 bits per heavy atom. The monoisotopic (exact) mass is 325 g/mol. The molecule has 1 N–H and O–H groups in total. The van der Waals surface area contributed by atoms with Gasteiger partial charge in [-0.2, -0.15) is 0 Å². The first-order valence-electron chi connectivity index (χ1n) is 7.85. The molecule has 1 aliphatic carbocycles. The van der Waals surface area contributed by atoms with Gasteiger partial charge in [0.1, 0.15) is 11.5 Å². The van der Waals surface area contributed by atoms with E-state index in [2.05, 4.69) is 5.32 Å². The van der Waals surface area contributed by atoms with E-state index in [9.17, 15) is 9.59 Å². The Labute approximate surface area is 140 Å². The number of nitrogens with one attached hydrogen (secondary N) is 1. The van der Waals surface area contributed by atoms with Crippen LogP contribution in [0.15, 0.2) is 42.5 Å². The third-order valence-electron chi connectivity index (χ3n) is 4.06. The summed E-state index contributed by atoms with van der Waals surface area (Å²) in [7, 11) is 1.60. The van der Waals surface area contributed by atoms with Crippen LogP contribution in [0.5, 0.6) is 11.5 Å². The van der Waals surface area contributed by atoms with Gasteiger partial charge in [0, 0.05) is 29.7 Å². The molecule has 0 aliphatic heterocycles. The predicted molar refractivity (Wildman–Crippen MR) is 89.4 cm³/mol. The lowest BCUT2D eigenvalue weighted by Gasteiger charge is -2.12. The molecule has 0 unspecified atom stereocenters. The van der Waals surface area contributed by atoms with E-state index < -0.39 is 0 Å². The van der Waals surface area contributed by atoms with Crippen molar-refractivity contribution >= 4 is 11.7 Å². The molecular weight excluding hydrogens is 306 g/mol. The number of amides is 1. The SMILES string of the molecule is COc1ccccc1CNC(=O)COc1cccc2c1CCC2=O. The van der Waals surface area contributed by atoms with Crippen molar-refractivity contribution < 1.29 is 19.1 Å². The molecule has 5 nitrogen and oxygen atoms in total. The van der Waals surface area contributed by atoms with Gasteiger partial charge in [-0.1, -0.05) is 30.3 Å². The number of hydrogen-bond acceptors (Lipinski definition) is 4. The number of ketones is 1. The maximum Gasteiger partial charge on any atom is 0.258 e. The average Bonchev–Trinajstić information content (AvgIpc) is 3.00. The van der Waals surface area contributed by atoms with Crippen LogP contribution in [0, 0.1) is 0 Å². The first-order valence-corrected chi connectivity index (χ1v) is 7.85. The Balaban J connectivity index is 1.56. The molecule has 2 aromatic carbocycles. The summed E-state index contributed by atoms with van der Waals surface area (Å²) in [5, 5.41) is 2.81. The van der Waals surface area contributed by atoms with Gasteiger partial charge in [0.05, 0.1) is 7.11 Å². The molecule has 0 heterocycles. The van der Waals surface area contributed by atoms with E-state index in [1.807, 2.05) is 24.3 Å². The number of Topliss-reactive ketones (excluding diaryl/α,β-unsaturated/α-hetero) is 1. The van der Waals surface area contributed by atoms with E-state index >= 15 is 0 Å². The van der Waals surface area contributed by atoms with E-state index in [-0.39, 0.29) is 18.3 Å². The van der Waals surface area contributed by atoms with Gasteiger partial charge < -0.3 is 14.8 Å². The standard InChI is InChI=1S/C19H19NO4/c1-23-17-7-3-2-5-13(17)11-20-19(22)12-24-18-8-4-6-14-15(18)9-10-16(14)21/h2-8H,9-12H2,1H3,(H,20,22). The van der Waals surface area contributed by atoms with Crippen molar-refractivity contribution in [2.24, 2.45) is 0 Å². The summed E-state index contributed by atoms with van der Waals surface area (Å²) in [6.45, 7) is 0.289. The second kappa shape index (κ2) is 7.17. The number of ether oxygens (including phenoxy) is 2. The van der Waals surface area contributed by atoms with Gasteiger partial charge in [0.25, 0.3) is 5.91 Å². The Morgan fingerprint density at radius 3 is 2.71 bits per heavy atom. The molecule has 3 rings (SSSR count). The van der Waals surface area contributed by atoms with E-state index in [4.69, 9.17) is 9.47 Å². The summed E-state index contributed by atoms with van der Waals surface area (Å²) in [6, 6.07) is 12.9. The fourth-order valence-electron chi connectivity index (χ4n) is 2.83. The minimum atomic E-state index is -0.220. The molecule has 1 aliphatic rings. The topological polar surface area (TPSA) is 64.6 Å².